The van der Waals surface area contributed by atoms with E-state index in [-0.39, 0.29) is 11.9 Å². The second kappa shape index (κ2) is 7.43. The zero-order valence-corrected chi connectivity index (χ0v) is 14.5. The maximum absolute atomic E-state index is 13.3. The molecule has 1 N–H and O–H groups in total. The second-order valence-electron chi connectivity index (χ2n) is 5.95. The molecule has 0 saturated carbocycles. The van der Waals surface area contributed by atoms with Gasteiger partial charge in [-0.1, -0.05) is 12.1 Å². The highest BCUT2D eigenvalue weighted by Gasteiger charge is 2.23. The van der Waals surface area contributed by atoms with Crippen molar-refractivity contribution in [2.75, 3.05) is 38.2 Å². The average molecular weight is 358 g/mol. The number of ether oxygens (including phenoxy) is 1. The van der Waals surface area contributed by atoms with Crippen molar-refractivity contribution in [3.63, 3.8) is 0 Å². The highest BCUT2D eigenvalue weighted by Crippen LogP contribution is 2.27. The predicted octanol–water partition coefficient (Wildman–Crippen LogP) is 3.32. The number of nitrogens with zero attached hydrogens (tertiary/aromatic N) is 3. The van der Waals surface area contributed by atoms with Crippen LogP contribution in [0.25, 0.3) is 10.2 Å². The number of aromatic nitrogens is 2. The molecule has 1 aliphatic rings. The van der Waals surface area contributed by atoms with E-state index in [1.54, 1.807) is 17.7 Å². The van der Waals surface area contributed by atoms with Crippen molar-refractivity contribution >= 4 is 27.4 Å². The van der Waals surface area contributed by atoms with Crippen molar-refractivity contribution in [3.05, 3.63) is 53.4 Å². The molecule has 1 atom stereocenters. The SMILES string of the molecule is Fc1ccc(C(CNc2ncnc3ccsc23)N2CCOCC2)cc1. The molecule has 3 heterocycles. The van der Waals surface area contributed by atoms with Crippen LogP contribution in [0.5, 0.6) is 0 Å². The average Bonchev–Trinajstić information content (AvgIpc) is 3.14. The van der Waals surface area contributed by atoms with Crippen molar-refractivity contribution in [1.82, 2.24) is 14.9 Å². The molecule has 1 aromatic carbocycles. The van der Waals surface area contributed by atoms with Gasteiger partial charge >= 0.3 is 0 Å². The van der Waals surface area contributed by atoms with Crippen LogP contribution in [-0.4, -0.2) is 47.7 Å². The van der Waals surface area contributed by atoms with Crippen molar-refractivity contribution in [2.45, 2.75) is 6.04 Å². The zero-order chi connectivity index (χ0) is 17.1. The van der Waals surface area contributed by atoms with Crippen LogP contribution >= 0.6 is 11.3 Å². The summed E-state index contributed by atoms with van der Waals surface area (Å²) in [6.45, 7) is 3.86. The first-order valence-corrected chi connectivity index (χ1v) is 9.18. The number of rotatable bonds is 5. The summed E-state index contributed by atoms with van der Waals surface area (Å²) in [6, 6.07) is 8.88. The number of hydrogen-bond donors (Lipinski definition) is 1. The monoisotopic (exact) mass is 358 g/mol. The number of thiophene rings is 1. The first kappa shape index (κ1) is 16.4. The lowest BCUT2D eigenvalue weighted by atomic mass is 10.0. The largest absolute Gasteiger partial charge is 0.379 e. The molecule has 130 valence electrons. The van der Waals surface area contributed by atoms with Crippen LogP contribution in [0.1, 0.15) is 11.6 Å². The van der Waals surface area contributed by atoms with Crippen LogP contribution in [0.15, 0.2) is 42.0 Å². The lowest BCUT2D eigenvalue weighted by Crippen LogP contribution is -2.41. The van der Waals surface area contributed by atoms with Gasteiger partial charge in [0, 0.05) is 19.6 Å². The van der Waals surface area contributed by atoms with Gasteiger partial charge in [0.05, 0.1) is 29.5 Å². The van der Waals surface area contributed by atoms with Crippen LogP contribution < -0.4 is 5.32 Å². The maximum atomic E-state index is 13.3. The van der Waals surface area contributed by atoms with Gasteiger partial charge in [-0.05, 0) is 29.1 Å². The Bertz CT molecular complexity index is 832. The Hall–Kier alpha value is -2.09. The van der Waals surface area contributed by atoms with Crippen molar-refractivity contribution in [1.29, 1.82) is 0 Å². The standard InChI is InChI=1S/C18H19FN4OS/c19-14-3-1-13(2-4-14)16(23-6-8-24-9-7-23)11-20-18-17-15(5-10-25-17)21-12-22-18/h1-5,10,12,16H,6-9,11H2,(H,20,21,22). The molecule has 0 aliphatic carbocycles. The van der Waals surface area contributed by atoms with E-state index < -0.39 is 0 Å². The van der Waals surface area contributed by atoms with Crippen molar-refractivity contribution in [2.24, 2.45) is 0 Å². The lowest BCUT2D eigenvalue weighted by Gasteiger charge is -2.35. The summed E-state index contributed by atoms with van der Waals surface area (Å²) < 4.78 is 19.8. The van der Waals surface area contributed by atoms with Crippen molar-refractivity contribution < 1.29 is 9.13 Å². The Labute approximate surface area is 149 Å². The summed E-state index contributed by atoms with van der Waals surface area (Å²) >= 11 is 1.63. The third-order valence-electron chi connectivity index (χ3n) is 4.45. The first-order valence-electron chi connectivity index (χ1n) is 8.30. The molecule has 7 heteroatoms. The number of benzene rings is 1. The van der Waals surface area contributed by atoms with Crippen LogP contribution in [0.4, 0.5) is 10.2 Å². The minimum atomic E-state index is -0.214. The molecule has 2 aromatic heterocycles. The first-order chi connectivity index (χ1) is 12.3. The summed E-state index contributed by atoms with van der Waals surface area (Å²) in [4.78, 5) is 11.0. The van der Waals surface area contributed by atoms with E-state index in [4.69, 9.17) is 4.74 Å². The molecule has 1 fully saturated rings. The number of fused-ring (bicyclic) bond motifs is 1. The number of nitrogens with one attached hydrogen (secondary N) is 1. The van der Waals surface area contributed by atoms with Gasteiger partial charge in [0.25, 0.3) is 0 Å². The Morgan fingerprint density at radius 3 is 2.76 bits per heavy atom. The van der Waals surface area contributed by atoms with E-state index in [2.05, 4.69) is 20.2 Å². The topological polar surface area (TPSA) is 50.3 Å². The number of anilines is 1. The molecule has 3 aromatic rings. The van der Waals surface area contributed by atoms with Crippen LogP contribution in [0, 0.1) is 5.82 Å². The third kappa shape index (κ3) is 3.63. The van der Waals surface area contributed by atoms with Gasteiger partial charge in [0.1, 0.15) is 18.0 Å². The Morgan fingerprint density at radius 2 is 1.96 bits per heavy atom. The molecule has 0 radical (unpaired) electrons. The van der Waals surface area contributed by atoms with Gasteiger partial charge in [0.2, 0.25) is 0 Å². The molecule has 0 spiro atoms. The Balaban J connectivity index is 1.57. The lowest BCUT2D eigenvalue weighted by molar-refractivity contribution is 0.0187. The number of morpholine rings is 1. The molecule has 0 amide bonds. The molecular formula is C18H19FN4OS. The Morgan fingerprint density at radius 1 is 1.16 bits per heavy atom. The summed E-state index contributed by atoms with van der Waals surface area (Å²) in [5.41, 5.74) is 2.04. The molecule has 1 aliphatic heterocycles. The molecule has 5 nitrogen and oxygen atoms in total. The molecule has 25 heavy (non-hydrogen) atoms. The summed E-state index contributed by atoms with van der Waals surface area (Å²) in [5, 5.41) is 5.49. The van der Waals surface area contributed by atoms with Crippen LogP contribution in [-0.2, 0) is 4.74 Å². The predicted molar refractivity (Wildman–Crippen MR) is 97.4 cm³/mol. The van der Waals surface area contributed by atoms with E-state index >= 15 is 0 Å². The molecule has 4 rings (SSSR count). The normalized spacial score (nSPS) is 16.8. The van der Waals surface area contributed by atoms with E-state index in [1.807, 2.05) is 23.6 Å². The maximum Gasteiger partial charge on any atom is 0.147 e. The van der Waals surface area contributed by atoms with E-state index in [0.29, 0.717) is 6.54 Å². The highest BCUT2D eigenvalue weighted by atomic mass is 32.1. The van der Waals surface area contributed by atoms with E-state index in [1.165, 1.54) is 12.1 Å². The minimum Gasteiger partial charge on any atom is -0.379 e. The molecule has 1 saturated heterocycles. The van der Waals surface area contributed by atoms with Gasteiger partial charge in [0.15, 0.2) is 0 Å². The minimum absolute atomic E-state index is 0.134. The summed E-state index contributed by atoms with van der Waals surface area (Å²) in [6.07, 6.45) is 1.58. The molecular weight excluding hydrogens is 339 g/mol. The number of halogens is 1. The van der Waals surface area contributed by atoms with E-state index in [9.17, 15) is 4.39 Å². The van der Waals surface area contributed by atoms with Gasteiger partial charge in [-0.2, -0.15) is 0 Å². The molecule has 1 unspecified atom stereocenters. The van der Waals surface area contributed by atoms with Gasteiger partial charge in [-0.3, -0.25) is 4.90 Å². The molecule has 0 bridgehead atoms. The quantitative estimate of drug-likeness (QED) is 0.758. The fourth-order valence-corrected chi connectivity index (χ4v) is 3.95. The summed E-state index contributed by atoms with van der Waals surface area (Å²) in [7, 11) is 0. The fraction of sp³-hybridized carbons (Fsp3) is 0.333. The van der Waals surface area contributed by atoms with Crippen LogP contribution in [0.3, 0.4) is 0 Å². The van der Waals surface area contributed by atoms with E-state index in [0.717, 1.165) is 47.9 Å². The van der Waals surface area contributed by atoms with Crippen LogP contribution in [0.2, 0.25) is 0 Å². The van der Waals surface area contributed by atoms with Gasteiger partial charge in [-0.25, -0.2) is 14.4 Å². The fourth-order valence-electron chi connectivity index (χ4n) is 3.14. The Kier molecular flexibility index (Phi) is 4.87. The third-order valence-corrected chi connectivity index (χ3v) is 5.36. The van der Waals surface area contributed by atoms with Gasteiger partial charge < -0.3 is 10.1 Å². The second-order valence-corrected chi connectivity index (χ2v) is 6.87. The number of hydrogen-bond acceptors (Lipinski definition) is 6. The van der Waals surface area contributed by atoms with Crippen molar-refractivity contribution in [3.8, 4) is 0 Å². The van der Waals surface area contributed by atoms with Gasteiger partial charge in [-0.15, -0.1) is 11.3 Å². The smallest absolute Gasteiger partial charge is 0.147 e. The summed E-state index contributed by atoms with van der Waals surface area (Å²) in [5.74, 6) is 0.633. The highest BCUT2D eigenvalue weighted by molar-refractivity contribution is 7.17. The zero-order valence-electron chi connectivity index (χ0n) is 13.7.